The number of carbonyl (C=O) groups is 1. The predicted octanol–water partition coefficient (Wildman–Crippen LogP) is 5.73. The number of aromatic nitrogens is 3. The van der Waals surface area contributed by atoms with Crippen molar-refractivity contribution in [3.05, 3.63) is 113 Å². The summed E-state index contributed by atoms with van der Waals surface area (Å²) in [6.07, 6.45) is 9.18. The molecule has 0 unspecified atom stereocenters. The van der Waals surface area contributed by atoms with Gasteiger partial charge in [-0.3, -0.25) is 19.1 Å². The van der Waals surface area contributed by atoms with E-state index in [1.54, 1.807) is 63.3 Å². The van der Waals surface area contributed by atoms with E-state index in [2.05, 4.69) is 9.97 Å². The molecule has 1 aliphatic rings. The summed E-state index contributed by atoms with van der Waals surface area (Å²) in [5.74, 6) is 1.16. The normalized spacial score (nSPS) is 13.2. The van der Waals surface area contributed by atoms with Crippen LogP contribution in [0.5, 0.6) is 11.5 Å². The zero-order valence-electron chi connectivity index (χ0n) is 28.9. The molecule has 6 rings (SSSR count). The van der Waals surface area contributed by atoms with Gasteiger partial charge in [-0.1, -0.05) is 24.3 Å². The fourth-order valence-electron chi connectivity index (χ4n) is 5.82. The molecule has 1 saturated heterocycles. The Bertz CT molecular complexity index is 2190. The van der Waals surface area contributed by atoms with Crippen LogP contribution in [0.3, 0.4) is 0 Å². The molecule has 0 saturated carbocycles. The Morgan fingerprint density at radius 2 is 1.60 bits per heavy atom. The Kier molecular flexibility index (Phi) is 12.2. The highest BCUT2D eigenvalue weighted by atomic mass is 32.2. The number of methoxy groups -OCH3 is 2. The number of anilines is 1. The summed E-state index contributed by atoms with van der Waals surface area (Å²) in [4.78, 5) is 36.3. The summed E-state index contributed by atoms with van der Waals surface area (Å²) in [5, 5.41) is 0. The lowest BCUT2D eigenvalue weighted by Gasteiger charge is -2.23. The zero-order valence-corrected chi connectivity index (χ0v) is 29.7. The van der Waals surface area contributed by atoms with Gasteiger partial charge in [0.15, 0.2) is 22.7 Å². The number of rotatable bonds is 10. The highest BCUT2D eigenvalue weighted by Gasteiger charge is 2.20. The van der Waals surface area contributed by atoms with Gasteiger partial charge < -0.3 is 24.5 Å². The topological polar surface area (TPSA) is 173 Å². The maximum absolute atomic E-state index is 13.7. The van der Waals surface area contributed by atoms with Crippen LogP contribution < -0.4 is 20.6 Å². The van der Waals surface area contributed by atoms with E-state index in [-0.39, 0.29) is 23.2 Å². The number of Topliss-reactive ketones (excluding diaryl/α,β-unsaturated/α-hetero) is 1. The van der Waals surface area contributed by atoms with Gasteiger partial charge in [0, 0.05) is 67.7 Å². The predicted molar refractivity (Wildman–Crippen MR) is 196 cm³/mol. The van der Waals surface area contributed by atoms with Crippen molar-refractivity contribution in [3.8, 4) is 45.0 Å². The quantitative estimate of drug-likeness (QED) is 0.133. The molecule has 0 aliphatic carbocycles. The first-order chi connectivity index (χ1) is 24.8. The number of ether oxygens (including phenoxy) is 3. The van der Waals surface area contributed by atoms with Crippen LogP contribution in [0.4, 0.5) is 10.2 Å². The number of hydrogen-bond donors (Lipinski definition) is 2. The first-order valence-corrected chi connectivity index (χ1v) is 18.1. The Morgan fingerprint density at radius 3 is 2.23 bits per heavy atom. The van der Waals surface area contributed by atoms with E-state index in [9.17, 15) is 22.4 Å². The van der Waals surface area contributed by atoms with Crippen molar-refractivity contribution in [2.45, 2.75) is 25.8 Å². The van der Waals surface area contributed by atoms with Crippen LogP contribution in [0.25, 0.3) is 33.5 Å². The van der Waals surface area contributed by atoms with Crippen LogP contribution in [0.1, 0.15) is 28.8 Å². The minimum Gasteiger partial charge on any atom is -0.493 e. The molecule has 3 N–H and O–H groups in total. The number of pyridine rings is 3. The van der Waals surface area contributed by atoms with Gasteiger partial charge in [0.2, 0.25) is 0 Å². The summed E-state index contributed by atoms with van der Waals surface area (Å²) >= 11 is 0. The summed E-state index contributed by atoms with van der Waals surface area (Å²) in [7, 11) is -0.506. The van der Waals surface area contributed by atoms with E-state index in [1.807, 2.05) is 28.8 Å². The average Bonchev–Trinajstić information content (AvgIpc) is 3.12. The number of benzene rings is 2. The molecule has 0 atom stereocenters. The van der Waals surface area contributed by atoms with Crippen molar-refractivity contribution in [3.63, 3.8) is 0 Å². The SMILES string of the molecule is COc1ccc(-c2cnc(N)c(-c3ccc(CC(=O)c4cn(CC5CCOCC5)cc(-c5ccc(F)cc5)c4=O)cn3)c2)cc1OC.CS(=O)(=O)O. The third-order valence-electron chi connectivity index (χ3n) is 8.45. The van der Waals surface area contributed by atoms with E-state index < -0.39 is 15.9 Å². The van der Waals surface area contributed by atoms with Crippen molar-refractivity contribution in [2.75, 3.05) is 39.4 Å². The van der Waals surface area contributed by atoms with Crippen molar-refractivity contribution in [2.24, 2.45) is 5.92 Å². The van der Waals surface area contributed by atoms with Gasteiger partial charge in [-0.05, 0) is 71.8 Å². The van der Waals surface area contributed by atoms with Gasteiger partial charge in [0.25, 0.3) is 10.1 Å². The molecule has 1 aliphatic heterocycles. The number of ketones is 1. The van der Waals surface area contributed by atoms with Gasteiger partial charge in [0.05, 0.1) is 31.7 Å². The van der Waals surface area contributed by atoms with Crippen LogP contribution in [0.15, 0.2) is 90.2 Å². The molecule has 3 aromatic heterocycles. The molecular weight excluding hydrogens is 692 g/mol. The maximum Gasteiger partial charge on any atom is 0.261 e. The number of hydrogen-bond acceptors (Lipinski definition) is 10. The largest absolute Gasteiger partial charge is 0.493 e. The molecule has 2 aromatic carbocycles. The third-order valence-corrected chi connectivity index (χ3v) is 8.45. The molecule has 0 bridgehead atoms. The monoisotopic (exact) mass is 730 g/mol. The minimum atomic E-state index is -3.67. The highest BCUT2D eigenvalue weighted by molar-refractivity contribution is 7.85. The molecule has 272 valence electrons. The summed E-state index contributed by atoms with van der Waals surface area (Å²) < 4.78 is 57.7. The molecule has 52 heavy (non-hydrogen) atoms. The molecule has 5 aromatic rings. The molecule has 12 nitrogen and oxygen atoms in total. The summed E-state index contributed by atoms with van der Waals surface area (Å²) in [6, 6.07) is 16.8. The lowest BCUT2D eigenvalue weighted by atomic mass is 9.98. The third kappa shape index (κ3) is 9.87. The fourth-order valence-corrected chi connectivity index (χ4v) is 5.82. The van der Waals surface area contributed by atoms with Crippen LogP contribution in [-0.2, 0) is 27.8 Å². The Balaban J connectivity index is 0.000000979. The Labute approximate surface area is 300 Å². The van der Waals surface area contributed by atoms with Crippen molar-refractivity contribution in [1.29, 1.82) is 0 Å². The van der Waals surface area contributed by atoms with Gasteiger partial charge in [-0.2, -0.15) is 8.42 Å². The second-order valence-electron chi connectivity index (χ2n) is 12.3. The highest BCUT2D eigenvalue weighted by Crippen LogP contribution is 2.34. The first kappa shape index (κ1) is 37.8. The van der Waals surface area contributed by atoms with E-state index in [1.165, 1.54) is 12.1 Å². The minimum absolute atomic E-state index is 0.0218. The van der Waals surface area contributed by atoms with Gasteiger partial charge >= 0.3 is 0 Å². The molecule has 14 heteroatoms. The molecule has 0 radical (unpaired) electrons. The number of nitrogens with zero attached hydrogens (tertiary/aromatic N) is 3. The van der Waals surface area contributed by atoms with Gasteiger partial charge in [-0.25, -0.2) is 9.37 Å². The van der Waals surface area contributed by atoms with E-state index in [4.69, 9.17) is 24.5 Å². The number of nitrogens with two attached hydrogens (primary N) is 1. The molecule has 4 heterocycles. The summed E-state index contributed by atoms with van der Waals surface area (Å²) in [6.45, 7) is 2.02. The smallest absolute Gasteiger partial charge is 0.261 e. The molecular formula is C38H39FN4O8S. The average molecular weight is 731 g/mol. The first-order valence-electron chi connectivity index (χ1n) is 16.3. The van der Waals surface area contributed by atoms with E-state index >= 15 is 0 Å². The van der Waals surface area contributed by atoms with E-state index in [0.29, 0.717) is 77.2 Å². The Morgan fingerprint density at radius 1 is 0.923 bits per heavy atom. The molecule has 1 fully saturated rings. The van der Waals surface area contributed by atoms with Gasteiger partial charge in [-0.15, -0.1) is 0 Å². The van der Waals surface area contributed by atoms with Crippen molar-refractivity contribution in [1.82, 2.24) is 14.5 Å². The number of carbonyl (C=O) groups excluding carboxylic acids is 1. The lowest BCUT2D eigenvalue weighted by Crippen LogP contribution is -2.25. The second-order valence-corrected chi connectivity index (χ2v) is 13.8. The van der Waals surface area contributed by atoms with E-state index in [0.717, 1.165) is 24.0 Å². The van der Waals surface area contributed by atoms with Gasteiger partial charge in [0.1, 0.15) is 11.6 Å². The fraction of sp³-hybridized carbons (Fsp3) is 0.263. The van der Waals surface area contributed by atoms with Crippen molar-refractivity contribution >= 4 is 21.7 Å². The van der Waals surface area contributed by atoms with Crippen LogP contribution >= 0.6 is 0 Å². The lowest BCUT2D eigenvalue weighted by molar-refractivity contribution is 0.0612. The Hall–Kier alpha value is -5.44. The van der Waals surface area contributed by atoms with Crippen LogP contribution in [0, 0.1) is 11.7 Å². The number of halogens is 1. The van der Waals surface area contributed by atoms with Crippen LogP contribution in [0.2, 0.25) is 0 Å². The maximum atomic E-state index is 13.7. The summed E-state index contributed by atoms with van der Waals surface area (Å²) in [5.41, 5.74) is 10.4. The van der Waals surface area contributed by atoms with Crippen LogP contribution in [-0.4, -0.2) is 67.0 Å². The van der Waals surface area contributed by atoms with Crippen molar-refractivity contribution < 1.29 is 36.4 Å². The molecule has 0 spiro atoms. The molecule has 0 amide bonds. The standard InChI is InChI=1S/C37H35FN4O5.CH4O3S/c1-45-34-10-6-26(17-35(34)46-2)27-16-29(37(39)41-19-27)32-9-3-24(18-40-32)15-33(43)31-22-42(20-23-11-13-47-14-12-23)21-30(36(31)44)25-4-7-28(38)8-5-25;1-5(2,3)4/h3-10,16-19,21-23H,11-15,20H2,1-2H3,(H2,39,41);1H3,(H,2,3,4). The number of nitrogen functional groups attached to an aromatic ring is 1. The zero-order chi connectivity index (χ0) is 37.4. The second kappa shape index (κ2) is 16.7.